The second-order valence-corrected chi connectivity index (χ2v) is 2.82. The van der Waals surface area contributed by atoms with E-state index in [9.17, 15) is 15.0 Å². The lowest BCUT2D eigenvalue weighted by Gasteiger charge is -2.09. The average molecular weight is 196 g/mol. The molecular formula is C9H12N2O3. The summed E-state index contributed by atoms with van der Waals surface area (Å²) >= 11 is 0. The van der Waals surface area contributed by atoms with Crippen LogP contribution in [0, 0.1) is 0 Å². The van der Waals surface area contributed by atoms with Gasteiger partial charge in [-0.1, -0.05) is 0 Å². The fourth-order valence-corrected chi connectivity index (χ4v) is 1.07. The maximum absolute atomic E-state index is 10.7. The Hall–Kier alpha value is -1.91. The van der Waals surface area contributed by atoms with E-state index in [2.05, 4.69) is 10.6 Å². The number of anilines is 2. The molecule has 0 heterocycles. The molecule has 1 amide bonds. The van der Waals surface area contributed by atoms with Gasteiger partial charge in [0.25, 0.3) is 0 Å². The number of phenolic OH excluding ortho intramolecular Hbond substituents is 2. The molecule has 76 valence electrons. The number of phenols is 2. The van der Waals surface area contributed by atoms with Crippen molar-refractivity contribution in [2.24, 2.45) is 0 Å². The molecular weight excluding hydrogens is 184 g/mol. The predicted molar refractivity (Wildman–Crippen MR) is 53.6 cm³/mol. The number of rotatable bonds is 2. The van der Waals surface area contributed by atoms with E-state index >= 15 is 0 Å². The molecule has 0 atom stereocenters. The van der Waals surface area contributed by atoms with Crippen molar-refractivity contribution in [3.8, 4) is 11.5 Å². The Kier molecular flexibility index (Phi) is 2.81. The van der Waals surface area contributed by atoms with Crippen molar-refractivity contribution in [1.29, 1.82) is 0 Å². The third-order valence-electron chi connectivity index (χ3n) is 1.69. The summed E-state index contributed by atoms with van der Waals surface area (Å²) in [6.07, 6.45) is 0. The van der Waals surface area contributed by atoms with Gasteiger partial charge in [0, 0.05) is 20.0 Å². The molecule has 0 spiro atoms. The summed E-state index contributed by atoms with van der Waals surface area (Å²) in [6.45, 7) is 1.34. The first kappa shape index (κ1) is 10.2. The maximum atomic E-state index is 10.7. The highest BCUT2D eigenvalue weighted by molar-refractivity contribution is 5.91. The number of hydrogen-bond donors (Lipinski definition) is 4. The van der Waals surface area contributed by atoms with Gasteiger partial charge in [-0.2, -0.15) is 0 Å². The van der Waals surface area contributed by atoms with Crippen LogP contribution >= 0.6 is 0 Å². The number of hydrogen-bond acceptors (Lipinski definition) is 4. The summed E-state index contributed by atoms with van der Waals surface area (Å²) in [7, 11) is 1.63. The lowest BCUT2D eigenvalue weighted by molar-refractivity contribution is -0.114. The van der Waals surface area contributed by atoms with Crippen LogP contribution in [0.3, 0.4) is 0 Å². The largest absolute Gasteiger partial charge is 0.506 e. The summed E-state index contributed by atoms with van der Waals surface area (Å²) in [5.41, 5.74) is 0.700. The van der Waals surface area contributed by atoms with Gasteiger partial charge < -0.3 is 20.8 Å². The fourth-order valence-electron chi connectivity index (χ4n) is 1.07. The van der Waals surface area contributed by atoms with Crippen molar-refractivity contribution in [3.05, 3.63) is 12.1 Å². The van der Waals surface area contributed by atoms with Gasteiger partial charge in [-0.3, -0.25) is 4.79 Å². The zero-order valence-corrected chi connectivity index (χ0v) is 7.96. The van der Waals surface area contributed by atoms with Crippen LogP contribution in [-0.4, -0.2) is 23.2 Å². The van der Waals surface area contributed by atoms with Gasteiger partial charge >= 0.3 is 0 Å². The van der Waals surface area contributed by atoms with Gasteiger partial charge in [-0.15, -0.1) is 0 Å². The highest BCUT2D eigenvalue weighted by atomic mass is 16.3. The van der Waals surface area contributed by atoms with Crippen molar-refractivity contribution < 1.29 is 15.0 Å². The molecule has 0 saturated heterocycles. The minimum Gasteiger partial charge on any atom is -0.506 e. The molecule has 0 fully saturated rings. The fraction of sp³-hybridized carbons (Fsp3) is 0.222. The Morgan fingerprint density at radius 3 is 2.29 bits per heavy atom. The normalized spacial score (nSPS) is 9.57. The van der Waals surface area contributed by atoms with Gasteiger partial charge in [0.1, 0.15) is 11.5 Å². The predicted octanol–water partition coefficient (Wildman–Crippen LogP) is 1.10. The third kappa shape index (κ3) is 2.07. The van der Waals surface area contributed by atoms with E-state index in [1.165, 1.54) is 13.0 Å². The smallest absolute Gasteiger partial charge is 0.221 e. The third-order valence-corrected chi connectivity index (χ3v) is 1.69. The lowest BCUT2D eigenvalue weighted by atomic mass is 10.2. The van der Waals surface area contributed by atoms with Crippen LogP contribution in [0.15, 0.2) is 12.1 Å². The zero-order chi connectivity index (χ0) is 10.7. The number of benzene rings is 1. The maximum Gasteiger partial charge on any atom is 0.221 e. The van der Waals surface area contributed by atoms with E-state index in [0.29, 0.717) is 5.69 Å². The van der Waals surface area contributed by atoms with Gasteiger partial charge in [0.2, 0.25) is 5.91 Å². The van der Waals surface area contributed by atoms with Crippen LogP contribution in [0.1, 0.15) is 6.92 Å². The highest BCUT2D eigenvalue weighted by Crippen LogP contribution is 2.34. The number of carbonyl (C=O) groups is 1. The second kappa shape index (κ2) is 3.87. The highest BCUT2D eigenvalue weighted by Gasteiger charge is 2.08. The molecule has 0 aliphatic rings. The van der Waals surface area contributed by atoms with Crippen molar-refractivity contribution in [2.75, 3.05) is 17.7 Å². The summed E-state index contributed by atoms with van der Waals surface area (Å²) in [5, 5.41) is 23.8. The van der Waals surface area contributed by atoms with E-state index < -0.39 is 0 Å². The molecule has 14 heavy (non-hydrogen) atoms. The summed E-state index contributed by atoms with van der Waals surface area (Å²) in [4.78, 5) is 10.7. The molecule has 5 heteroatoms. The molecule has 0 aliphatic carbocycles. The molecule has 0 radical (unpaired) electrons. The number of carbonyl (C=O) groups excluding carboxylic acids is 1. The Bertz CT molecular complexity index is 363. The molecule has 1 aromatic carbocycles. The van der Waals surface area contributed by atoms with Crippen molar-refractivity contribution in [3.63, 3.8) is 0 Å². The molecule has 0 bridgehead atoms. The molecule has 0 saturated carbocycles. The molecule has 0 unspecified atom stereocenters. The van der Waals surface area contributed by atoms with Gasteiger partial charge in [0.15, 0.2) is 0 Å². The monoisotopic (exact) mass is 196 g/mol. The van der Waals surface area contributed by atoms with Crippen LogP contribution in [0.5, 0.6) is 11.5 Å². The first-order chi connectivity index (χ1) is 6.54. The van der Waals surface area contributed by atoms with E-state index in [4.69, 9.17) is 0 Å². The topological polar surface area (TPSA) is 81.6 Å². The standard InChI is InChI=1S/C9H12N2O3/c1-5(12)11-7-3-6(10-2)8(13)4-9(7)14/h3-4,10,13-14H,1-2H3,(H,11,12). The zero-order valence-electron chi connectivity index (χ0n) is 7.96. The van der Waals surface area contributed by atoms with Gasteiger partial charge in [-0.25, -0.2) is 0 Å². The number of nitrogens with one attached hydrogen (secondary N) is 2. The van der Waals surface area contributed by atoms with E-state index in [0.717, 1.165) is 6.07 Å². The summed E-state index contributed by atoms with van der Waals surface area (Å²) in [6, 6.07) is 2.61. The quantitative estimate of drug-likeness (QED) is 0.421. The van der Waals surface area contributed by atoms with Crippen molar-refractivity contribution in [2.45, 2.75) is 6.92 Å². The molecule has 1 rings (SSSR count). The molecule has 0 aromatic heterocycles. The first-order valence-electron chi connectivity index (χ1n) is 4.06. The second-order valence-electron chi connectivity index (χ2n) is 2.82. The molecule has 0 aliphatic heterocycles. The Morgan fingerprint density at radius 1 is 1.21 bits per heavy atom. The average Bonchev–Trinajstić information content (AvgIpc) is 2.09. The SMILES string of the molecule is CNc1cc(NC(C)=O)c(O)cc1O. The van der Waals surface area contributed by atoms with Gasteiger partial charge in [0.05, 0.1) is 11.4 Å². The van der Waals surface area contributed by atoms with Crippen LogP contribution in [0.25, 0.3) is 0 Å². The van der Waals surface area contributed by atoms with E-state index in [1.54, 1.807) is 7.05 Å². The minimum absolute atomic E-state index is 0.0703. The van der Waals surface area contributed by atoms with Crippen molar-refractivity contribution >= 4 is 17.3 Å². The van der Waals surface area contributed by atoms with E-state index in [-0.39, 0.29) is 23.1 Å². The number of aromatic hydroxyl groups is 2. The van der Waals surface area contributed by atoms with Crippen molar-refractivity contribution in [1.82, 2.24) is 0 Å². The summed E-state index contributed by atoms with van der Waals surface area (Å²) < 4.78 is 0. The molecule has 4 N–H and O–H groups in total. The summed E-state index contributed by atoms with van der Waals surface area (Å²) in [5.74, 6) is -0.524. The van der Waals surface area contributed by atoms with Gasteiger partial charge in [-0.05, 0) is 6.07 Å². The Labute approximate surface area is 81.4 Å². The molecule has 1 aromatic rings. The van der Waals surface area contributed by atoms with Crippen LogP contribution < -0.4 is 10.6 Å². The van der Waals surface area contributed by atoms with Crippen LogP contribution in [0.2, 0.25) is 0 Å². The molecule has 5 nitrogen and oxygen atoms in total. The minimum atomic E-state index is -0.284. The Morgan fingerprint density at radius 2 is 1.79 bits per heavy atom. The number of amides is 1. The van der Waals surface area contributed by atoms with Crippen LogP contribution in [-0.2, 0) is 4.79 Å². The lowest BCUT2D eigenvalue weighted by Crippen LogP contribution is -2.06. The van der Waals surface area contributed by atoms with Crippen LogP contribution in [0.4, 0.5) is 11.4 Å². The first-order valence-corrected chi connectivity index (χ1v) is 4.06. The Balaban J connectivity index is 3.10. The van der Waals surface area contributed by atoms with E-state index in [1.807, 2.05) is 0 Å².